The lowest BCUT2D eigenvalue weighted by Gasteiger charge is -2.30. The summed E-state index contributed by atoms with van der Waals surface area (Å²) >= 11 is 0. The molecule has 0 spiro atoms. The largest absolute Gasteiger partial charge is 0.496 e. The fourth-order valence-corrected chi connectivity index (χ4v) is 4.17. The first-order valence-electron chi connectivity index (χ1n) is 11.0. The molecule has 1 aromatic carbocycles. The fourth-order valence-electron chi connectivity index (χ4n) is 4.17. The number of rotatable bonds is 5. The Morgan fingerprint density at radius 3 is 2.71 bits per heavy atom. The monoisotopic (exact) mass is 457 g/mol. The van der Waals surface area contributed by atoms with Crippen LogP contribution in [-0.4, -0.2) is 45.3 Å². The normalized spacial score (nSPS) is 15.0. The van der Waals surface area contributed by atoms with Crippen LogP contribution in [0.25, 0.3) is 34.3 Å². The predicted octanol–water partition coefficient (Wildman–Crippen LogP) is 4.21. The van der Waals surface area contributed by atoms with Gasteiger partial charge >= 0.3 is 0 Å². The summed E-state index contributed by atoms with van der Waals surface area (Å²) in [6.45, 7) is 3.43. The maximum absolute atomic E-state index is 9.94. The van der Waals surface area contributed by atoms with E-state index < -0.39 is 5.41 Å². The van der Waals surface area contributed by atoms with E-state index in [1.165, 1.54) is 0 Å². The molecule has 0 atom stereocenters. The first-order valence-corrected chi connectivity index (χ1v) is 11.0. The van der Waals surface area contributed by atoms with Crippen molar-refractivity contribution in [3.8, 4) is 46.1 Å². The van der Waals surface area contributed by atoms with E-state index in [0.29, 0.717) is 34.3 Å². The zero-order valence-electron chi connectivity index (χ0n) is 18.9. The SMILES string of the molecule is COc1ccccc1-c1nnc(-c2nc(-c3ccnc(C4(C#N)CCNCC4)c3)cnc2C)o1.[HH].[HH]. The van der Waals surface area contributed by atoms with Crippen LogP contribution in [0, 0.1) is 18.3 Å². The number of ether oxygens (including phenoxy) is 1. The maximum Gasteiger partial charge on any atom is 0.268 e. The Bertz CT molecular complexity index is 1380. The average molecular weight is 458 g/mol. The molecule has 0 aliphatic carbocycles. The van der Waals surface area contributed by atoms with Crippen LogP contribution < -0.4 is 10.1 Å². The van der Waals surface area contributed by atoms with Crippen molar-refractivity contribution in [3.05, 3.63) is 60.2 Å². The second-order valence-electron chi connectivity index (χ2n) is 8.18. The number of nitrogens with zero attached hydrogens (tertiary/aromatic N) is 6. The maximum atomic E-state index is 9.94. The molecule has 0 radical (unpaired) electrons. The first kappa shape index (κ1) is 21.7. The van der Waals surface area contributed by atoms with Crippen molar-refractivity contribution < 1.29 is 12.0 Å². The molecular formula is C25H27N7O2. The van der Waals surface area contributed by atoms with Gasteiger partial charge in [-0.2, -0.15) is 5.26 Å². The van der Waals surface area contributed by atoms with Crippen molar-refractivity contribution in [3.63, 3.8) is 0 Å². The third-order valence-corrected chi connectivity index (χ3v) is 6.14. The van der Waals surface area contributed by atoms with Crippen LogP contribution in [0.4, 0.5) is 0 Å². The summed E-state index contributed by atoms with van der Waals surface area (Å²) in [5, 5.41) is 21.7. The highest BCUT2D eigenvalue weighted by Crippen LogP contribution is 2.34. The topological polar surface area (TPSA) is 123 Å². The Morgan fingerprint density at radius 2 is 1.91 bits per heavy atom. The van der Waals surface area contributed by atoms with Gasteiger partial charge in [0.25, 0.3) is 11.8 Å². The van der Waals surface area contributed by atoms with E-state index in [1.807, 2.05) is 43.3 Å². The summed E-state index contributed by atoms with van der Waals surface area (Å²) < 4.78 is 11.4. The van der Waals surface area contributed by atoms with Crippen LogP contribution >= 0.6 is 0 Å². The third kappa shape index (κ3) is 3.89. The van der Waals surface area contributed by atoms with E-state index in [2.05, 4.69) is 31.6 Å². The number of para-hydroxylation sites is 1. The minimum atomic E-state index is -0.599. The smallest absolute Gasteiger partial charge is 0.268 e. The number of nitriles is 1. The quantitative estimate of drug-likeness (QED) is 0.469. The molecule has 1 aliphatic rings. The van der Waals surface area contributed by atoms with Gasteiger partial charge in [0.1, 0.15) is 16.9 Å². The van der Waals surface area contributed by atoms with Gasteiger partial charge in [-0.3, -0.25) is 9.97 Å². The summed E-state index contributed by atoms with van der Waals surface area (Å²) in [7, 11) is 1.60. The van der Waals surface area contributed by atoms with E-state index in [1.54, 1.807) is 19.5 Å². The minimum Gasteiger partial charge on any atom is -0.496 e. The van der Waals surface area contributed by atoms with Gasteiger partial charge in [-0.1, -0.05) is 12.1 Å². The van der Waals surface area contributed by atoms with E-state index in [0.717, 1.165) is 37.2 Å². The number of aromatic nitrogens is 5. The van der Waals surface area contributed by atoms with Gasteiger partial charge in [0.15, 0.2) is 0 Å². The molecule has 34 heavy (non-hydrogen) atoms. The second-order valence-corrected chi connectivity index (χ2v) is 8.18. The molecule has 9 heteroatoms. The summed E-state index contributed by atoms with van der Waals surface area (Å²) in [5.74, 6) is 1.25. The Kier molecular flexibility index (Phi) is 5.74. The number of methoxy groups -OCH3 is 1. The zero-order valence-corrected chi connectivity index (χ0v) is 18.9. The second kappa shape index (κ2) is 9.00. The van der Waals surface area contributed by atoms with Gasteiger partial charge in [-0.05, 0) is 57.1 Å². The Balaban J connectivity index is 0.00000180. The van der Waals surface area contributed by atoms with Crippen LogP contribution in [0.1, 0.15) is 27.1 Å². The van der Waals surface area contributed by atoms with Crippen LogP contribution in [0.2, 0.25) is 0 Å². The van der Waals surface area contributed by atoms with Crippen LogP contribution in [0.5, 0.6) is 5.75 Å². The fraction of sp³-hybridized carbons (Fsp3) is 0.280. The molecule has 0 saturated carbocycles. The number of piperidine rings is 1. The number of pyridine rings is 1. The van der Waals surface area contributed by atoms with Crippen LogP contribution in [-0.2, 0) is 5.41 Å². The van der Waals surface area contributed by atoms with Gasteiger partial charge in [-0.15, -0.1) is 10.2 Å². The van der Waals surface area contributed by atoms with E-state index >= 15 is 0 Å². The Hall–Kier alpha value is -4.16. The van der Waals surface area contributed by atoms with Gasteiger partial charge in [0.2, 0.25) is 0 Å². The highest BCUT2D eigenvalue weighted by atomic mass is 16.5. The molecule has 9 nitrogen and oxygen atoms in total. The predicted molar refractivity (Wildman–Crippen MR) is 129 cm³/mol. The van der Waals surface area contributed by atoms with Gasteiger partial charge in [0.05, 0.1) is 42.0 Å². The molecule has 0 bridgehead atoms. The van der Waals surface area contributed by atoms with Crippen molar-refractivity contribution in [1.29, 1.82) is 5.26 Å². The van der Waals surface area contributed by atoms with Crippen LogP contribution in [0.15, 0.2) is 53.2 Å². The van der Waals surface area contributed by atoms with Gasteiger partial charge < -0.3 is 14.5 Å². The minimum absolute atomic E-state index is 0. The lowest BCUT2D eigenvalue weighted by molar-refractivity contribution is 0.375. The Labute approximate surface area is 199 Å². The number of nitrogens with one attached hydrogen (secondary N) is 1. The molecule has 4 aromatic rings. The molecule has 5 rings (SSSR count). The molecule has 1 N–H and O–H groups in total. The van der Waals surface area contributed by atoms with Gasteiger partial charge in [0, 0.05) is 14.6 Å². The Morgan fingerprint density at radius 1 is 1.12 bits per heavy atom. The third-order valence-electron chi connectivity index (χ3n) is 6.14. The lowest BCUT2D eigenvalue weighted by atomic mass is 9.77. The van der Waals surface area contributed by atoms with E-state index in [9.17, 15) is 5.26 Å². The van der Waals surface area contributed by atoms with Crippen molar-refractivity contribution in [2.45, 2.75) is 25.2 Å². The van der Waals surface area contributed by atoms with Crippen molar-refractivity contribution >= 4 is 0 Å². The average Bonchev–Trinajstić information content (AvgIpc) is 3.39. The summed E-state index contributed by atoms with van der Waals surface area (Å²) in [6.07, 6.45) is 4.87. The molecule has 4 heterocycles. The first-order chi connectivity index (χ1) is 16.6. The van der Waals surface area contributed by atoms with E-state index in [4.69, 9.17) is 14.1 Å². The number of aryl methyl sites for hydroxylation is 1. The summed E-state index contributed by atoms with van der Waals surface area (Å²) in [4.78, 5) is 13.8. The number of hydrogen-bond donors (Lipinski definition) is 1. The zero-order chi connectivity index (χ0) is 23.5. The van der Waals surface area contributed by atoms with Crippen molar-refractivity contribution in [1.82, 2.24) is 30.5 Å². The van der Waals surface area contributed by atoms with E-state index in [-0.39, 0.29) is 8.74 Å². The lowest BCUT2D eigenvalue weighted by Crippen LogP contribution is -2.39. The standard InChI is InChI=1S/C25H23N7O2.2H2/c1-16-22(24-32-31-23(34-24)18-5-3-4-6-20(18)33-2)30-19(14-29-16)17-7-10-28-21(13-17)25(15-26)8-11-27-12-9-25;;/h3-7,10,13-14,27H,8-9,11-12H2,1-2H3;2*1H. The number of hydrogen-bond acceptors (Lipinski definition) is 9. The summed E-state index contributed by atoms with van der Waals surface area (Å²) in [6, 6.07) is 13.8. The molecule has 1 aliphatic heterocycles. The molecule has 174 valence electrons. The molecule has 1 fully saturated rings. The summed E-state index contributed by atoms with van der Waals surface area (Å²) in [5.41, 5.74) is 3.50. The molecule has 0 amide bonds. The van der Waals surface area contributed by atoms with Gasteiger partial charge in [-0.25, -0.2) is 4.98 Å². The molecule has 3 aromatic heterocycles. The highest BCUT2D eigenvalue weighted by molar-refractivity contribution is 5.66. The van der Waals surface area contributed by atoms with Crippen LogP contribution in [0.3, 0.4) is 0 Å². The molecular weight excluding hydrogens is 430 g/mol. The van der Waals surface area contributed by atoms with Crippen molar-refractivity contribution in [2.24, 2.45) is 0 Å². The highest BCUT2D eigenvalue weighted by Gasteiger charge is 2.35. The van der Waals surface area contributed by atoms with Crippen molar-refractivity contribution in [2.75, 3.05) is 20.2 Å². The number of benzene rings is 1. The molecule has 0 unspecified atom stereocenters. The molecule has 1 saturated heterocycles.